The zero-order valence-electron chi connectivity index (χ0n) is 9.48. The van der Waals surface area contributed by atoms with Crippen molar-refractivity contribution in [3.63, 3.8) is 0 Å². The molecule has 0 aromatic carbocycles. The van der Waals surface area contributed by atoms with E-state index in [4.69, 9.17) is 10.5 Å². The number of rotatable bonds is 3. The molecule has 1 amide bonds. The summed E-state index contributed by atoms with van der Waals surface area (Å²) in [5.41, 5.74) is 6.54. The van der Waals surface area contributed by atoms with Crippen molar-refractivity contribution in [2.45, 2.75) is 25.3 Å². The van der Waals surface area contributed by atoms with Gasteiger partial charge in [-0.15, -0.1) is 12.4 Å². The van der Waals surface area contributed by atoms with Crippen molar-refractivity contribution in [3.8, 4) is 0 Å². The lowest BCUT2D eigenvalue weighted by atomic mass is 9.97. The summed E-state index contributed by atoms with van der Waals surface area (Å²) >= 11 is 0. The van der Waals surface area contributed by atoms with Crippen LogP contribution in [0.15, 0.2) is 11.6 Å². The number of carbonyl (C=O) groups is 2. The fourth-order valence-electron chi connectivity index (χ4n) is 2.12. The number of esters is 1. The second-order valence-electron chi connectivity index (χ2n) is 4.25. The third-order valence-electron chi connectivity index (χ3n) is 3.00. The maximum Gasteiger partial charge on any atom is 0.333 e. The Labute approximate surface area is 106 Å². The van der Waals surface area contributed by atoms with Crippen molar-refractivity contribution in [3.05, 3.63) is 11.6 Å². The zero-order chi connectivity index (χ0) is 11.5. The molecule has 0 aromatic rings. The summed E-state index contributed by atoms with van der Waals surface area (Å²) in [6, 6.07) is -0.241. The number of hydrogen-bond acceptors (Lipinski definition) is 4. The Hall–Kier alpha value is -1.07. The third-order valence-corrected chi connectivity index (χ3v) is 3.00. The number of nitrogens with one attached hydrogen (secondary N) is 1. The Bertz CT molecular complexity index is 344. The van der Waals surface area contributed by atoms with Gasteiger partial charge in [-0.2, -0.15) is 0 Å². The molecular formula is C11H17ClN2O3. The number of carbonyl (C=O) groups excluding carboxylic acids is 2. The smallest absolute Gasteiger partial charge is 0.333 e. The summed E-state index contributed by atoms with van der Waals surface area (Å²) in [4.78, 5) is 22.5. The Kier molecular flexibility index (Phi) is 4.96. The van der Waals surface area contributed by atoms with E-state index in [1.54, 1.807) is 6.08 Å². The van der Waals surface area contributed by atoms with Gasteiger partial charge < -0.3 is 15.8 Å². The van der Waals surface area contributed by atoms with Gasteiger partial charge >= 0.3 is 5.97 Å². The van der Waals surface area contributed by atoms with E-state index in [2.05, 4.69) is 5.32 Å². The standard InChI is InChI=1S/C11H16N2O3.ClH/c12-9(5-7-1-3-13-10(7)14)6-8-2-4-16-11(8)15;/h6-7,9H,1-5,12H2,(H,13,14);1H/t7-,9-;/m0./s1. The van der Waals surface area contributed by atoms with Crippen LogP contribution in [0.4, 0.5) is 0 Å². The first kappa shape index (κ1) is 14.0. The van der Waals surface area contributed by atoms with Gasteiger partial charge in [-0.05, 0) is 12.8 Å². The molecule has 2 heterocycles. The van der Waals surface area contributed by atoms with Gasteiger partial charge in [0, 0.05) is 30.5 Å². The SMILES string of the molecule is Cl.N[C@H](C=C1CCOC1=O)C[C@@H]1CCNC1=O. The number of hydrogen-bond donors (Lipinski definition) is 2. The summed E-state index contributed by atoms with van der Waals surface area (Å²) < 4.78 is 4.82. The molecule has 2 aliphatic heterocycles. The highest BCUT2D eigenvalue weighted by Gasteiger charge is 2.26. The minimum Gasteiger partial charge on any atom is -0.462 e. The van der Waals surface area contributed by atoms with Crippen LogP contribution in [0.3, 0.4) is 0 Å². The van der Waals surface area contributed by atoms with Crippen LogP contribution in [-0.4, -0.2) is 31.1 Å². The van der Waals surface area contributed by atoms with E-state index < -0.39 is 0 Å². The molecule has 96 valence electrons. The highest BCUT2D eigenvalue weighted by Crippen LogP contribution is 2.19. The molecule has 2 atom stereocenters. The molecule has 6 heteroatoms. The Balaban J connectivity index is 0.00000144. The van der Waals surface area contributed by atoms with Crippen molar-refractivity contribution >= 4 is 24.3 Å². The first-order valence-corrected chi connectivity index (χ1v) is 5.58. The number of halogens is 1. The molecule has 17 heavy (non-hydrogen) atoms. The quantitative estimate of drug-likeness (QED) is 0.559. The average Bonchev–Trinajstić information content (AvgIpc) is 2.79. The van der Waals surface area contributed by atoms with E-state index in [0.717, 1.165) is 13.0 Å². The monoisotopic (exact) mass is 260 g/mol. The molecule has 0 spiro atoms. The molecule has 2 saturated heterocycles. The molecule has 2 fully saturated rings. The van der Waals surface area contributed by atoms with Gasteiger partial charge in [-0.1, -0.05) is 6.08 Å². The fraction of sp³-hybridized carbons (Fsp3) is 0.636. The van der Waals surface area contributed by atoms with Gasteiger partial charge in [-0.3, -0.25) is 4.79 Å². The van der Waals surface area contributed by atoms with Crippen LogP contribution in [0, 0.1) is 5.92 Å². The molecule has 0 bridgehead atoms. The molecule has 3 N–H and O–H groups in total. The maximum atomic E-state index is 11.3. The second-order valence-corrected chi connectivity index (χ2v) is 4.25. The van der Waals surface area contributed by atoms with Crippen LogP contribution < -0.4 is 11.1 Å². The first-order chi connectivity index (χ1) is 7.66. The van der Waals surface area contributed by atoms with Crippen LogP contribution in [-0.2, 0) is 14.3 Å². The molecular weight excluding hydrogens is 244 g/mol. The molecule has 0 radical (unpaired) electrons. The van der Waals surface area contributed by atoms with Gasteiger partial charge in [0.05, 0.1) is 6.61 Å². The van der Waals surface area contributed by atoms with E-state index in [-0.39, 0.29) is 36.2 Å². The maximum absolute atomic E-state index is 11.3. The Morgan fingerprint density at radius 3 is 2.82 bits per heavy atom. The van der Waals surface area contributed by atoms with E-state index in [1.165, 1.54) is 0 Å². The lowest BCUT2D eigenvalue weighted by molar-refractivity contribution is -0.135. The minimum absolute atomic E-state index is 0. The van der Waals surface area contributed by atoms with Gasteiger partial charge in [0.15, 0.2) is 0 Å². The van der Waals surface area contributed by atoms with Crippen LogP contribution in [0.25, 0.3) is 0 Å². The summed E-state index contributed by atoms with van der Waals surface area (Å²) in [6.07, 6.45) is 3.80. The average molecular weight is 261 g/mol. The Morgan fingerprint density at radius 2 is 2.29 bits per heavy atom. The molecule has 5 nitrogen and oxygen atoms in total. The lowest BCUT2D eigenvalue weighted by Gasteiger charge is -2.11. The third kappa shape index (κ3) is 3.44. The van der Waals surface area contributed by atoms with Gasteiger partial charge in [-0.25, -0.2) is 4.79 Å². The van der Waals surface area contributed by atoms with Gasteiger partial charge in [0.2, 0.25) is 5.91 Å². The summed E-state index contributed by atoms with van der Waals surface area (Å²) in [7, 11) is 0. The van der Waals surface area contributed by atoms with E-state index in [9.17, 15) is 9.59 Å². The highest BCUT2D eigenvalue weighted by molar-refractivity contribution is 5.90. The molecule has 0 unspecified atom stereocenters. The van der Waals surface area contributed by atoms with Crippen LogP contribution >= 0.6 is 12.4 Å². The van der Waals surface area contributed by atoms with Gasteiger partial charge in [0.25, 0.3) is 0 Å². The topological polar surface area (TPSA) is 81.4 Å². The van der Waals surface area contributed by atoms with Gasteiger partial charge in [0.1, 0.15) is 0 Å². The summed E-state index contributed by atoms with van der Waals surface area (Å²) in [6.45, 7) is 1.18. The van der Waals surface area contributed by atoms with Crippen molar-refractivity contribution in [2.75, 3.05) is 13.2 Å². The molecule has 0 saturated carbocycles. The number of ether oxygens (including phenoxy) is 1. The predicted octanol–water partition coefficient (Wildman–Crippen LogP) is 0.135. The largest absolute Gasteiger partial charge is 0.462 e. The molecule has 2 rings (SSSR count). The number of cyclic esters (lactones) is 1. The fourth-order valence-corrected chi connectivity index (χ4v) is 2.12. The predicted molar refractivity (Wildman–Crippen MR) is 64.6 cm³/mol. The van der Waals surface area contributed by atoms with Crippen LogP contribution in [0.1, 0.15) is 19.3 Å². The van der Waals surface area contributed by atoms with E-state index >= 15 is 0 Å². The first-order valence-electron chi connectivity index (χ1n) is 5.58. The molecule has 2 aliphatic rings. The normalized spacial score (nSPS) is 27.6. The molecule has 0 aliphatic carbocycles. The molecule has 0 aromatic heterocycles. The zero-order valence-corrected chi connectivity index (χ0v) is 10.3. The highest BCUT2D eigenvalue weighted by atomic mass is 35.5. The van der Waals surface area contributed by atoms with E-state index in [0.29, 0.717) is 25.0 Å². The van der Waals surface area contributed by atoms with Crippen molar-refractivity contribution in [2.24, 2.45) is 11.7 Å². The number of amides is 1. The van der Waals surface area contributed by atoms with Crippen molar-refractivity contribution in [1.29, 1.82) is 0 Å². The van der Waals surface area contributed by atoms with Crippen molar-refractivity contribution < 1.29 is 14.3 Å². The lowest BCUT2D eigenvalue weighted by Crippen LogP contribution is -2.27. The second kappa shape index (κ2) is 6.02. The number of nitrogens with two attached hydrogens (primary N) is 1. The van der Waals surface area contributed by atoms with Crippen LogP contribution in [0.5, 0.6) is 0 Å². The summed E-state index contributed by atoms with van der Waals surface area (Å²) in [5.74, 6) is -0.210. The van der Waals surface area contributed by atoms with Crippen LogP contribution in [0.2, 0.25) is 0 Å². The summed E-state index contributed by atoms with van der Waals surface area (Å²) in [5, 5.41) is 2.77. The minimum atomic E-state index is -0.272. The Morgan fingerprint density at radius 1 is 1.53 bits per heavy atom. The van der Waals surface area contributed by atoms with E-state index in [1.807, 2.05) is 0 Å². The van der Waals surface area contributed by atoms with Crippen molar-refractivity contribution in [1.82, 2.24) is 5.32 Å².